The number of methoxy groups -OCH3 is 1. The van der Waals surface area contributed by atoms with Crippen molar-refractivity contribution >= 4 is 20.6 Å². The van der Waals surface area contributed by atoms with E-state index in [9.17, 15) is 9.47 Å². The molecule has 0 radical (unpaired) electrons. The van der Waals surface area contributed by atoms with Gasteiger partial charge in [-0.05, 0) is 29.3 Å². The van der Waals surface area contributed by atoms with Gasteiger partial charge in [0.2, 0.25) is 0 Å². The average Bonchev–Trinajstić information content (AvgIpc) is 2.59. The number of fused-ring (bicyclic) bond motifs is 1. The molecule has 0 saturated heterocycles. The van der Waals surface area contributed by atoms with E-state index in [1.54, 1.807) is 13.3 Å². The number of pyridine rings is 1. The number of benzene rings is 2. The van der Waals surface area contributed by atoms with E-state index in [0.717, 1.165) is 27.6 Å². The maximum Gasteiger partial charge on any atom is 0.119 e. The van der Waals surface area contributed by atoms with Crippen LogP contribution in [0.4, 0.5) is 0 Å². The van der Waals surface area contributed by atoms with Crippen LogP contribution >= 0.6 is 0 Å². The predicted molar refractivity (Wildman–Crippen MR) is 98.9 cm³/mol. The lowest BCUT2D eigenvalue weighted by atomic mass is 9.96. The number of hydrogen-bond acceptors (Lipinski definition) is 5. The minimum Gasteiger partial charge on any atom is -0.497 e. The average molecular weight is 351 g/mol. The second kappa shape index (κ2) is 6.54. The van der Waals surface area contributed by atoms with Crippen LogP contribution in [0.15, 0.2) is 48.7 Å². The highest BCUT2D eigenvalue weighted by Crippen LogP contribution is 2.33. The Kier molecular flexibility index (Phi) is 4.43. The lowest BCUT2D eigenvalue weighted by Crippen LogP contribution is -1.98. The van der Waals surface area contributed by atoms with E-state index in [-0.39, 0.29) is 5.75 Å². The Labute approximate surface area is 146 Å². The maximum atomic E-state index is 11.7. The van der Waals surface area contributed by atoms with E-state index >= 15 is 0 Å². The van der Waals surface area contributed by atoms with Crippen molar-refractivity contribution in [2.75, 3.05) is 13.4 Å². The summed E-state index contributed by atoms with van der Waals surface area (Å²) in [6.45, 7) is 0. The molecule has 3 aromatic rings. The van der Waals surface area contributed by atoms with Gasteiger partial charge in [-0.2, -0.15) is 5.26 Å². The number of hydrogen-bond donors (Lipinski definition) is 1. The Morgan fingerprint density at radius 1 is 1.24 bits per heavy atom. The third-order valence-electron chi connectivity index (χ3n) is 3.88. The normalized spacial score (nSPS) is 13.2. The molecular weight excluding hydrogens is 334 g/mol. The zero-order valence-electron chi connectivity index (χ0n) is 13.9. The molecular formula is C19H17N3O2S. The van der Waals surface area contributed by atoms with Crippen molar-refractivity contribution in [2.45, 2.75) is 5.75 Å². The van der Waals surface area contributed by atoms with Crippen LogP contribution in [-0.2, 0) is 15.5 Å². The summed E-state index contributed by atoms with van der Waals surface area (Å²) in [6, 6.07) is 15.2. The number of ether oxygens (including phenoxy) is 1. The summed E-state index contributed by atoms with van der Waals surface area (Å²) in [5, 5.41) is 10.3. The van der Waals surface area contributed by atoms with E-state index in [1.807, 2.05) is 42.5 Å². The number of aromatic nitrogens is 1. The fraction of sp³-hybridized carbons (Fsp3) is 0.158. The second-order valence-corrected chi connectivity index (χ2v) is 8.19. The van der Waals surface area contributed by atoms with Gasteiger partial charge in [-0.1, -0.05) is 24.3 Å². The molecule has 0 aliphatic heterocycles. The van der Waals surface area contributed by atoms with Gasteiger partial charge in [0.05, 0.1) is 23.9 Å². The van der Waals surface area contributed by atoms with Gasteiger partial charge in [-0.15, -0.1) is 0 Å². The highest BCUT2D eigenvalue weighted by atomic mass is 32.2. The van der Waals surface area contributed by atoms with Crippen molar-refractivity contribution in [1.29, 1.82) is 10.0 Å². The third-order valence-corrected chi connectivity index (χ3v) is 4.76. The maximum absolute atomic E-state index is 11.7. The highest BCUT2D eigenvalue weighted by Gasteiger charge is 2.12. The van der Waals surface area contributed by atoms with E-state index in [1.165, 1.54) is 6.26 Å². The molecule has 5 nitrogen and oxygen atoms in total. The Morgan fingerprint density at radius 2 is 1.96 bits per heavy atom. The topological polar surface area (TPSA) is 86.8 Å². The highest BCUT2D eigenvalue weighted by molar-refractivity contribution is 7.90. The lowest BCUT2D eigenvalue weighted by Gasteiger charge is -2.11. The third kappa shape index (κ3) is 3.62. The summed E-state index contributed by atoms with van der Waals surface area (Å²) in [6.07, 6.45) is 3.00. The molecule has 2 aromatic carbocycles. The van der Waals surface area contributed by atoms with Crippen LogP contribution in [0.3, 0.4) is 0 Å². The van der Waals surface area contributed by atoms with Gasteiger partial charge < -0.3 is 4.74 Å². The van der Waals surface area contributed by atoms with Crippen molar-refractivity contribution in [3.63, 3.8) is 0 Å². The van der Waals surface area contributed by atoms with Crippen LogP contribution in [0, 0.1) is 16.1 Å². The van der Waals surface area contributed by atoms with E-state index in [4.69, 9.17) is 9.52 Å². The molecule has 1 heterocycles. The summed E-state index contributed by atoms with van der Waals surface area (Å²) < 4.78 is 24.5. The smallest absolute Gasteiger partial charge is 0.119 e. The summed E-state index contributed by atoms with van der Waals surface area (Å²) in [5.41, 5.74) is 3.75. The minimum absolute atomic E-state index is 0.212. The van der Waals surface area contributed by atoms with Crippen LogP contribution in [0.5, 0.6) is 5.75 Å². The van der Waals surface area contributed by atoms with Crippen LogP contribution in [0.1, 0.15) is 11.1 Å². The number of nitrogens with one attached hydrogen (secondary N) is 1. The van der Waals surface area contributed by atoms with Crippen molar-refractivity contribution in [3.05, 3.63) is 59.8 Å². The van der Waals surface area contributed by atoms with Gasteiger partial charge in [0.25, 0.3) is 0 Å². The largest absolute Gasteiger partial charge is 0.497 e. The van der Waals surface area contributed by atoms with Crippen molar-refractivity contribution < 1.29 is 8.95 Å². The van der Waals surface area contributed by atoms with Gasteiger partial charge in [0.15, 0.2) is 0 Å². The fourth-order valence-corrected chi connectivity index (χ4v) is 3.61. The molecule has 0 amide bonds. The van der Waals surface area contributed by atoms with Crippen LogP contribution < -0.4 is 4.74 Å². The first kappa shape index (κ1) is 16.9. The Balaban J connectivity index is 2.18. The van der Waals surface area contributed by atoms with E-state index in [0.29, 0.717) is 11.3 Å². The van der Waals surface area contributed by atoms with Crippen molar-refractivity contribution in [2.24, 2.45) is 0 Å². The Morgan fingerprint density at radius 3 is 2.56 bits per heavy atom. The van der Waals surface area contributed by atoms with Gasteiger partial charge >= 0.3 is 0 Å². The summed E-state index contributed by atoms with van der Waals surface area (Å²) in [4.78, 5) is 4.34. The molecule has 1 aromatic heterocycles. The second-order valence-electron chi connectivity index (χ2n) is 5.89. The molecule has 1 unspecified atom stereocenters. The van der Waals surface area contributed by atoms with Crippen molar-refractivity contribution in [1.82, 2.24) is 4.98 Å². The molecule has 1 N–H and O–H groups in total. The number of nitriles is 1. The first-order valence-corrected chi connectivity index (χ1v) is 9.72. The Hall–Kier alpha value is -2.91. The first-order chi connectivity index (χ1) is 11.9. The SMILES string of the molecule is COc1ccc2ncc(C#N)c(-c3ccc(CS(C)(=N)=O)cc3)c2c1. The molecule has 0 saturated carbocycles. The number of nitrogens with zero attached hydrogens (tertiary/aromatic N) is 2. The fourth-order valence-electron chi connectivity index (χ4n) is 2.78. The molecule has 0 fully saturated rings. The summed E-state index contributed by atoms with van der Waals surface area (Å²) in [7, 11) is -0.992. The summed E-state index contributed by atoms with van der Waals surface area (Å²) >= 11 is 0. The molecule has 6 heteroatoms. The van der Waals surface area contributed by atoms with E-state index < -0.39 is 9.73 Å². The quantitative estimate of drug-likeness (QED) is 0.771. The Bertz CT molecular complexity index is 1080. The molecule has 3 rings (SSSR count). The summed E-state index contributed by atoms with van der Waals surface area (Å²) in [5.74, 6) is 0.908. The van der Waals surface area contributed by atoms with Crippen LogP contribution in [-0.4, -0.2) is 22.6 Å². The predicted octanol–water partition coefficient (Wildman–Crippen LogP) is 3.96. The monoisotopic (exact) mass is 351 g/mol. The van der Waals surface area contributed by atoms with Crippen molar-refractivity contribution in [3.8, 4) is 22.9 Å². The van der Waals surface area contributed by atoms with Gasteiger partial charge in [0, 0.05) is 33.1 Å². The van der Waals surface area contributed by atoms with Crippen LogP contribution in [0.25, 0.3) is 22.0 Å². The minimum atomic E-state index is -2.59. The first-order valence-electron chi connectivity index (χ1n) is 7.59. The molecule has 0 spiro atoms. The van der Waals surface area contributed by atoms with Crippen LogP contribution in [0.2, 0.25) is 0 Å². The zero-order valence-corrected chi connectivity index (χ0v) is 14.8. The van der Waals surface area contributed by atoms with Gasteiger partial charge in [0.1, 0.15) is 11.8 Å². The van der Waals surface area contributed by atoms with E-state index in [2.05, 4.69) is 11.1 Å². The molecule has 25 heavy (non-hydrogen) atoms. The lowest BCUT2D eigenvalue weighted by molar-refractivity contribution is 0.415. The van der Waals surface area contributed by atoms with Gasteiger partial charge in [-0.3, -0.25) is 9.76 Å². The zero-order chi connectivity index (χ0) is 18.0. The molecule has 0 aliphatic rings. The number of rotatable bonds is 4. The van der Waals surface area contributed by atoms with Gasteiger partial charge in [-0.25, -0.2) is 4.21 Å². The standard InChI is InChI=1S/C19H17N3O2S/c1-24-16-7-8-18-17(9-16)19(15(10-20)11-22-18)14-5-3-13(4-6-14)12-25(2,21)23/h3-9,11,21H,12H2,1-2H3. The molecule has 0 bridgehead atoms. The molecule has 126 valence electrons. The molecule has 1 atom stereocenters. The molecule has 0 aliphatic carbocycles.